The quantitative estimate of drug-likeness (QED) is 0.124. The van der Waals surface area contributed by atoms with Crippen LogP contribution in [-0.4, -0.2) is 52.2 Å². The molecule has 0 saturated heterocycles. The van der Waals surface area contributed by atoms with E-state index in [0.717, 1.165) is 75.5 Å². The van der Waals surface area contributed by atoms with Crippen LogP contribution in [-0.2, 0) is 0 Å². The van der Waals surface area contributed by atoms with Gasteiger partial charge in [-0.2, -0.15) is 14.9 Å². The van der Waals surface area contributed by atoms with Crippen LogP contribution < -0.4 is 0 Å². The molecule has 3 saturated carbocycles. The van der Waals surface area contributed by atoms with E-state index in [0.29, 0.717) is 58.7 Å². The van der Waals surface area contributed by atoms with Gasteiger partial charge in [0.05, 0.1) is 37.3 Å². The Morgan fingerprint density at radius 1 is 0.639 bits per heavy atom. The predicted octanol–water partition coefficient (Wildman–Crippen LogP) is 13.5. The lowest BCUT2D eigenvalue weighted by atomic mass is 9.78. The molecule has 0 aliphatic heterocycles. The summed E-state index contributed by atoms with van der Waals surface area (Å²) in [6.45, 7) is 0. The van der Waals surface area contributed by atoms with Crippen molar-refractivity contribution in [2.75, 3.05) is 0 Å². The van der Waals surface area contributed by atoms with Crippen molar-refractivity contribution in [2.45, 2.75) is 75.5 Å². The Balaban J connectivity index is 0.000000129. The summed E-state index contributed by atoms with van der Waals surface area (Å²) >= 11 is 28.0. The molecule has 4 heterocycles. The summed E-state index contributed by atoms with van der Waals surface area (Å²) in [5.74, 6) is 0.203. The van der Waals surface area contributed by atoms with Crippen molar-refractivity contribution in [3.05, 3.63) is 147 Å². The van der Waals surface area contributed by atoms with Crippen LogP contribution >= 0.6 is 91.6 Å². The second kappa shape index (κ2) is 20.7. The molecule has 7 aromatic rings. The van der Waals surface area contributed by atoms with Gasteiger partial charge in [0, 0.05) is 12.4 Å². The minimum atomic E-state index is -0.919. The van der Waals surface area contributed by atoms with Gasteiger partial charge >= 0.3 is 5.97 Å². The minimum Gasteiger partial charge on any atom is -0.478 e. The van der Waals surface area contributed by atoms with E-state index in [1.54, 1.807) is 30.6 Å². The molecular formula is C45H38Cl4I2N6O4. The monoisotopic (exact) mass is 1120 g/mol. The van der Waals surface area contributed by atoms with Gasteiger partial charge < -0.3 is 5.11 Å². The zero-order chi connectivity index (χ0) is 43.2. The van der Waals surface area contributed by atoms with Crippen LogP contribution in [0.2, 0.25) is 15.1 Å². The topological polar surface area (TPSA) is 144 Å². The molecule has 2 N–H and O–H groups in total. The number of aromatic carboxylic acids is 1. The summed E-state index contributed by atoms with van der Waals surface area (Å²) in [5, 5.41) is 21.1. The SMILES string of the molecule is Ic1[nH]nc2cccnc12.O=C(Cl)c1c(Cl)cccc1C1CCC1.O=C(O)c1c(Cl)cccc1C1CCC1.O=C(c1c(Cl)cccc1C1CCC1)n1nc(I)c2ncccc21. The maximum Gasteiger partial charge on any atom is 0.337 e. The van der Waals surface area contributed by atoms with Crippen molar-refractivity contribution in [2.24, 2.45) is 0 Å². The van der Waals surface area contributed by atoms with Crippen LogP contribution in [0.25, 0.3) is 22.1 Å². The van der Waals surface area contributed by atoms with E-state index in [9.17, 15) is 14.4 Å². The number of aromatic nitrogens is 6. The number of nitrogens with zero attached hydrogens (tertiary/aromatic N) is 5. The maximum atomic E-state index is 13.1. The van der Waals surface area contributed by atoms with E-state index in [4.69, 9.17) is 51.5 Å². The number of rotatable bonds is 6. The summed E-state index contributed by atoms with van der Waals surface area (Å²) in [5.41, 5.74) is 7.63. The number of aromatic amines is 1. The zero-order valence-electron chi connectivity index (χ0n) is 32.4. The van der Waals surface area contributed by atoms with Crippen LogP contribution in [0, 0.1) is 7.40 Å². The second-order valence-corrected chi connectivity index (χ2v) is 18.5. The molecule has 3 aliphatic carbocycles. The number of carbonyl (C=O) groups is 3. The number of hydrogen-bond acceptors (Lipinski definition) is 7. The van der Waals surface area contributed by atoms with Crippen molar-refractivity contribution in [3.63, 3.8) is 0 Å². The zero-order valence-corrected chi connectivity index (χ0v) is 39.8. The molecule has 314 valence electrons. The van der Waals surface area contributed by atoms with Gasteiger partial charge in [-0.05, 0) is 172 Å². The number of pyridine rings is 2. The predicted molar refractivity (Wildman–Crippen MR) is 258 cm³/mol. The highest BCUT2D eigenvalue weighted by atomic mass is 127. The summed E-state index contributed by atoms with van der Waals surface area (Å²) in [6.07, 6.45) is 13.8. The number of halogens is 6. The highest BCUT2D eigenvalue weighted by Gasteiger charge is 2.29. The highest BCUT2D eigenvalue weighted by molar-refractivity contribution is 14.1. The van der Waals surface area contributed by atoms with Crippen molar-refractivity contribution in [1.82, 2.24) is 29.9 Å². The highest BCUT2D eigenvalue weighted by Crippen LogP contribution is 2.42. The third-order valence-electron chi connectivity index (χ3n) is 11.3. The van der Waals surface area contributed by atoms with Crippen LogP contribution in [0.4, 0.5) is 0 Å². The fraction of sp³-hybridized carbons (Fsp3) is 0.267. The Bertz CT molecular complexity index is 2660. The van der Waals surface area contributed by atoms with Crippen LogP contribution in [0.1, 0.15) is 123 Å². The molecule has 61 heavy (non-hydrogen) atoms. The van der Waals surface area contributed by atoms with Gasteiger partial charge in [0.1, 0.15) is 24.0 Å². The molecule has 16 heteroatoms. The summed E-state index contributed by atoms with van der Waals surface area (Å²) in [6, 6.07) is 24.0. The Labute approximate surface area is 399 Å². The Hall–Kier alpha value is -3.67. The first-order valence-corrected chi connectivity index (χ1v) is 23.4. The molecule has 0 amide bonds. The molecule has 0 atom stereocenters. The van der Waals surface area contributed by atoms with Crippen molar-refractivity contribution < 1.29 is 19.5 Å². The number of carboxylic acids is 1. The smallest absolute Gasteiger partial charge is 0.337 e. The number of benzene rings is 3. The van der Waals surface area contributed by atoms with Crippen LogP contribution in [0.5, 0.6) is 0 Å². The standard InChI is InChI=1S/C17H13ClIN3O.C11H10Cl2O.C11H11ClO2.C6H4IN3/c18-12-7-2-6-11(10-4-1-5-10)14(12)17(23)22-13-8-3-9-20-15(13)16(19)21-22;2*12-9-6-2-5-8(7-3-1-4-7)10(9)11(13)14;7-6-5-4(9-10-6)2-1-3-8-5/h2-3,6-10H,1,4-5H2;2,5-7H,1,3-4H2;2,5-7H,1,3-4H2,(H,13,14);1-3H,(H,9,10). The molecule has 4 aromatic heterocycles. The number of carboxylic acid groups (broad SMARTS) is 1. The van der Waals surface area contributed by atoms with Crippen molar-refractivity contribution >= 4 is 131 Å². The molecule has 10 nitrogen and oxygen atoms in total. The van der Waals surface area contributed by atoms with Gasteiger partial charge in [-0.1, -0.05) is 90.5 Å². The number of nitrogens with one attached hydrogen (secondary N) is 1. The molecule has 3 aromatic carbocycles. The average molecular weight is 1120 g/mol. The lowest BCUT2D eigenvalue weighted by Gasteiger charge is -2.27. The molecule has 0 radical (unpaired) electrons. The fourth-order valence-electron chi connectivity index (χ4n) is 7.45. The molecule has 3 aliphatic rings. The average Bonchev–Trinajstić information content (AvgIpc) is 3.72. The molecule has 0 spiro atoms. The maximum absolute atomic E-state index is 13.1. The van der Waals surface area contributed by atoms with E-state index in [1.165, 1.54) is 23.9 Å². The number of H-pyrrole nitrogens is 1. The molecule has 3 fully saturated rings. The van der Waals surface area contributed by atoms with Crippen LogP contribution in [0.3, 0.4) is 0 Å². The van der Waals surface area contributed by atoms with Gasteiger partial charge in [0.15, 0.2) is 0 Å². The molecule has 10 rings (SSSR count). The van der Waals surface area contributed by atoms with E-state index in [1.807, 2.05) is 60.7 Å². The fourth-order valence-corrected chi connectivity index (χ4v) is 9.67. The van der Waals surface area contributed by atoms with E-state index < -0.39 is 11.2 Å². The first-order chi connectivity index (χ1) is 29.4. The van der Waals surface area contributed by atoms with Gasteiger partial charge in [-0.25, -0.2) is 4.79 Å². The number of carbonyl (C=O) groups excluding carboxylic acids is 2. The molecular weight excluding hydrogens is 1080 g/mol. The lowest BCUT2D eigenvalue weighted by molar-refractivity contribution is 0.0694. The van der Waals surface area contributed by atoms with E-state index in [2.05, 4.69) is 70.4 Å². The second-order valence-electron chi connectivity index (χ2n) is 14.9. The van der Waals surface area contributed by atoms with E-state index >= 15 is 0 Å². The number of fused-ring (bicyclic) bond motifs is 2. The molecule has 0 bridgehead atoms. The van der Waals surface area contributed by atoms with Gasteiger partial charge in [-0.15, -0.1) is 0 Å². The molecule has 0 unspecified atom stereocenters. The Morgan fingerprint density at radius 2 is 1.11 bits per heavy atom. The first-order valence-electron chi connectivity index (χ1n) is 19.7. The lowest BCUT2D eigenvalue weighted by Crippen LogP contribution is -2.20. The first kappa shape index (κ1) is 45.4. The summed E-state index contributed by atoms with van der Waals surface area (Å²) in [7, 11) is 0. The van der Waals surface area contributed by atoms with Gasteiger partial charge in [0.25, 0.3) is 11.1 Å². The van der Waals surface area contributed by atoms with Crippen molar-refractivity contribution in [3.8, 4) is 0 Å². The van der Waals surface area contributed by atoms with Gasteiger partial charge in [0.2, 0.25) is 0 Å². The minimum absolute atomic E-state index is 0.182. The Kier molecular flexibility index (Phi) is 15.4. The van der Waals surface area contributed by atoms with Gasteiger partial charge in [-0.3, -0.25) is 24.7 Å². The third-order valence-corrected chi connectivity index (χ3v) is 13.9. The third kappa shape index (κ3) is 10.3. The van der Waals surface area contributed by atoms with Crippen molar-refractivity contribution in [1.29, 1.82) is 0 Å². The number of hydrogen-bond donors (Lipinski definition) is 2. The normalized spacial score (nSPS) is 14.9. The van der Waals surface area contributed by atoms with E-state index in [-0.39, 0.29) is 5.91 Å². The Morgan fingerprint density at radius 3 is 1.61 bits per heavy atom. The summed E-state index contributed by atoms with van der Waals surface area (Å²) in [4.78, 5) is 43.8. The van der Waals surface area contributed by atoms with Crippen LogP contribution in [0.15, 0.2) is 91.3 Å². The summed E-state index contributed by atoms with van der Waals surface area (Å²) < 4.78 is 3.13. The largest absolute Gasteiger partial charge is 0.478 e.